The molecule has 0 saturated heterocycles. The second-order valence-electron chi connectivity index (χ2n) is 5.26. The van der Waals surface area contributed by atoms with Gasteiger partial charge in [-0.05, 0) is 38.5 Å². The second kappa shape index (κ2) is 7.24. The van der Waals surface area contributed by atoms with Gasteiger partial charge in [0.15, 0.2) is 0 Å². The average molecular weight is 256 g/mol. The molecule has 0 heterocycles. The van der Waals surface area contributed by atoms with E-state index in [9.17, 15) is 9.59 Å². The van der Waals surface area contributed by atoms with Crippen LogP contribution in [0, 0.1) is 11.8 Å². The van der Waals surface area contributed by atoms with E-state index in [1.165, 1.54) is 19.3 Å². The second-order valence-corrected chi connectivity index (χ2v) is 5.26. The summed E-state index contributed by atoms with van der Waals surface area (Å²) >= 11 is 0. The standard InChI is InChI=1S/C13H24N2O3/c1-9(12(16)17)5-4-8-14-13(18)15-10(2)11-6-3-7-11/h9-11H,3-8H2,1-2H3,(H,16,17)(H2,14,15,18). The molecule has 0 aromatic rings. The van der Waals surface area contributed by atoms with Crippen LogP contribution in [-0.2, 0) is 4.79 Å². The summed E-state index contributed by atoms with van der Waals surface area (Å²) in [6.07, 6.45) is 4.97. The van der Waals surface area contributed by atoms with Crippen molar-refractivity contribution in [3.8, 4) is 0 Å². The van der Waals surface area contributed by atoms with Gasteiger partial charge in [-0.3, -0.25) is 4.79 Å². The fourth-order valence-electron chi connectivity index (χ4n) is 2.05. The third-order valence-electron chi connectivity index (χ3n) is 3.74. The van der Waals surface area contributed by atoms with Gasteiger partial charge < -0.3 is 15.7 Å². The molecule has 1 fully saturated rings. The lowest BCUT2D eigenvalue weighted by Gasteiger charge is -2.31. The molecule has 18 heavy (non-hydrogen) atoms. The van der Waals surface area contributed by atoms with Crippen LogP contribution in [-0.4, -0.2) is 29.7 Å². The quantitative estimate of drug-likeness (QED) is 0.609. The smallest absolute Gasteiger partial charge is 0.315 e. The number of urea groups is 1. The SMILES string of the molecule is CC(CCCNC(=O)NC(C)C1CCC1)C(=O)O. The molecule has 0 bridgehead atoms. The summed E-state index contributed by atoms with van der Waals surface area (Å²) in [5.74, 6) is -0.496. The van der Waals surface area contributed by atoms with Gasteiger partial charge in [0.1, 0.15) is 0 Å². The summed E-state index contributed by atoms with van der Waals surface area (Å²) in [5.41, 5.74) is 0. The maximum absolute atomic E-state index is 11.5. The van der Waals surface area contributed by atoms with Gasteiger partial charge in [-0.15, -0.1) is 0 Å². The van der Waals surface area contributed by atoms with Crippen molar-refractivity contribution < 1.29 is 14.7 Å². The van der Waals surface area contributed by atoms with Crippen molar-refractivity contribution in [2.24, 2.45) is 11.8 Å². The van der Waals surface area contributed by atoms with E-state index in [2.05, 4.69) is 10.6 Å². The number of nitrogens with one attached hydrogen (secondary N) is 2. The Morgan fingerprint density at radius 3 is 2.50 bits per heavy atom. The number of hydrogen-bond acceptors (Lipinski definition) is 2. The largest absolute Gasteiger partial charge is 0.481 e. The molecule has 1 aliphatic carbocycles. The fourth-order valence-corrected chi connectivity index (χ4v) is 2.05. The molecule has 2 amide bonds. The van der Waals surface area contributed by atoms with Crippen molar-refractivity contribution in [1.82, 2.24) is 10.6 Å². The zero-order valence-corrected chi connectivity index (χ0v) is 11.2. The summed E-state index contributed by atoms with van der Waals surface area (Å²) in [5, 5.41) is 14.4. The van der Waals surface area contributed by atoms with Gasteiger partial charge in [0.25, 0.3) is 0 Å². The van der Waals surface area contributed by atoms with Crippen LogP contribution in [0.3, 0.4) is 0 Å². The third kappa shape index (κ3) is 4.94. The molecule has 1 saturated carbocycles. The van der Waals surface area contributed by atoms with Crippen molar-refractivity contribution in [2.75, 3.05) is 6.54 Å². The normalized spacial score (nSPS) is 18.6. The molecule has 0 aromatic heterocycles. The molecule has 1 rings (SSSR count). The van der Waals surface area contributed by atoms with Crippen molar-refractivity contribution in [2.45, 2.75) is 52.0 Å². The molecule has 2 unspecified atom stereocenters. The highest BCUT2D eigenvalue weighted by molar-refractivity contribution is 5.74. The van der Waals surface area contributed by atoms with Crippen LogP contribution in [0.2, 0.25) is 0 Å². The van der Waals surface area contributed by atoms with Gasteiger partial charge in [0, 0.05) is 12.6 Å². The number of aliphatic carboxylic acids is 1. The first kappa shape index (κ1) is 14.8. The summed E-state index contributed by atoms with van der Waals surface area (Å²) in [6.45, 7) is 4.25. The van der Waals surface area contributed by atoms with E-state index in [1.54, 1.807) is 6.92 Å². The first-order valence-corrected chi connectivity index (χ1v) is 6.78. The number of carbonyl (C=O) groups is 2. The molecule has 3 N–H and O–H groups in total. The Hall–Kier alpha value is -1.26. The van der Waals surface area contributed by atoms with Crippen LogP contribution in [0.15, 0.2) is 0 Å². The summed E-state index contributed by atoms with van der Waals surface area (Å²) in [4.78, 5) is 22.1. The van der Waals surface area contributed by atoms with Crippen LogP contribution in [0.4, 0.5) is 4.79 Å². The zero-order valence-electron chi connectivity index (χ0n) is 11.2. The molecule has 0 spiro atoms. The Bertz CT molecular complexity index is 290. The van der Waals surface area contributed by atoms with E-state index in [0.717, 1.165) is 0 Å². The Labute approximate surface area is 108 Å². The Balaban J connectivity index is 2.04. The highest BCUT2D eigenvalue weighted by Gasteiger charge is 2.24. The van der Waals surface area contributed by atoms with Crippen LogP contribution in [0.5, 0.6) is 0 Å². The lowest BCUT2D eigenvalue weighted by atomic mass is 9.80. The van der Waals surface area contributed by atoms with E-state index < -0.39 is 5.97 Å². The molecule has 5 heteroatoms. The molecule has 104 valence electrons. The Morgan fingerprint density at radius 1 is 1.33 bits per heavy atom. The van der Waals surface area contributed by atoms with Crippen molar-refractivity contribution in [1.29, 1.82) is 0 Å². The van der Waals surface area contributed by atoms with E-state index in [0.29, 0.717) is 25.3 Å². The molecule has 2 atom stereocenters. The van der Waals surface area contributed by atoms with Gasteiger partial charge in [-0.2, -0.15) is 0 Å². The van der Waals surface area contributed by atoms with Gasteiger partial charge in [0.05, 0.1) is 5.92 Å². The monoisotopic (exact) mass is 256 g/mol. The molecule has 0 aromatic carbocycles. The Morgan fingerprint density at radius 2 is 2.00 bits per heavy atom. The van der Waals surface area contributed by atoms with E-state index in [-0.39, 0.29) is 18.0 Å². The number of carboxylic acid groups (broad SMARTS) is 1. The maximum atomic E-state index is 11.5. The summed E-state index contributed by atoms with van der Waals surface area (Å²) in [7, 11) is 0. The Kier molecular flexibility index (Phi) is 5.95. The molecule has 1 aliphatic rings. The van der Waals surface area contributed by atoms with Crippen molar-refractivity contribution >= 4 is 12.0 Å². The molecule has 5 nitrogen and oxygen atoms in total. The van der Waals surface area contributed by atoms with Gasteiger partial charge >= 0.3 is 12.0 Å². The molecular formula is C13H24N2O3. The molecule has 0 radical (unpaired) electrons. The van der Waals surface area contributed by atoms with Crippen LogP contribution in [0.1, 0.15) is 46.0 Å². The van der Waals surface area contributed by atoms with Crippen LogP contribution < -0.4 is 10.6 Å². The number of amides is 2. The lowest BCUT2D eigenvalue weighted by molar-refractivity contribution is -0.141. The maximum Gasteiger partial charge on any atom is 0.315 e. The summed E-state index contributed by atoms with van der Waals surface area (Å²) in [6, 6.07) is 0.0917. The van der Waals surface area contributed by atoms with E-state index >= 15 is 0 Å². The van der Waals surface area contributed by atoms with Crippen LogP contribution >= 0.6 is 0 Å². The molecule has 0 aliphatic heterocycles. The minimum absolute atomic E-state index is 0.141. The van der Waals surface area contributed by atoms with Gasteiger partial charge in [0.2, 0.25) is 0 Å². The molecular weight excluding hydrogens is 232 g/mol. The van der Waals surface area contributed by atoms with Gasteiger partial charge in [-0.25, -0.2) is 4.79 Å². The first-order valence-electron chi connectivity index (χ1n) is 6.78. The third-order valence-corrected chi connectivity index (χ3v) is 3.74. The van der Waals surface area contributed by atoms with Crippen molar-refractivity contribution in [3.63, 3.8) is 0 Å². The highest BCUT2D eigenvalue weighted by Crippen LogP contribution is 2.29. The number of carbonyl (C=O) groups excluding carboxylic acids is 1. The minimum Gasteiger partial charge on any atom is -0.481 e. The predicted octanol–water partition coefficient (Wildman–Crippen LogP) is 1.98. The fraction of sp³-hybridized carbons (Fsp3) is 0.846. The van der Waals surface area contributed by atoms with E-state index in [1.807, 2.05) is 6.92 Å². The van der Waals surface area contributed by atoms with Crippen molar-refractivity contribution in [3.05, 3.63) is 0 Å². The number of rotatable bonds is 7. The highest BCUT2D eigenvalue weighted by atomic mass is 16.4. The van der Waals surface area contributed by atoms with E-state index in [4.69, 9.17) is 5.11 Å². The van der Waals surface area contributed by atoms with Crippen LogP contribution in [0.25, 0.3) is 0 Å². The predicted molar refractivity (Wildman–Crippen MR) is 69.4 cm³/mol. The number of carboxylic acids is 1. The first-order chi connectivity index (χ1) is 8.50. The lowest BCUT2D eigenvalue weighted by Crippen LogP contribution is -2.45. The summed E-state index contributed by atoms with van der Waals surface area (Å²) < 4.78 is 0. The minimum atomic E-state index is -0.780. The number of hydrogen-bond donors (Lipinski definition) is 3. The average Bonchev–Trinajstić information content (AvgIpc) is 2.21. The topological polar surface area (TPSA) is 78.4 Å². The zero-order chi connectivity index (χ0) is 13.5. The van der Waals surface area contributed by atoms with Gasteiger partial charge in [-0.1, -0.05) is 13.3 Å².